The maximum Gasteiger partial charge on any atom is 0.335 e. The Morgan fingerprint density at radius 2 is 2.10 bits per heavy atom. The van der Waals surface area contributed by atoms with Gasteiger partial charge in [0.15, 0.2) is 0 Å². The average molecular weight is 362 g/mol. The molecular formula is C13H16BrNO4S. The van der Waals surface area contributed by atoms with Gasteiger partial charge in [-0.25, -0.2) is 17.9 Å². The number of hydrogen-bond acceptors (Lipinski definition) is 3. The van der Waals surface area contributed by atoms with Crippen molar-refractivity contribution in [2.24, 2.45) is 5.92 Å². The highest BCUT2D eigenvalue weighted by Gasteiger charge is 2.22. The van der Waals surface area contributed by atoms with E-state index in [9.17, 15) is 13.2 Å². The first-order valence-corrected chi connectivity index (χ1v) is 8.70. The van der Waals surface area contributed by atoms with E-state index >= 15 is 0 Å². The Balaban J connectivity index is 2.06. The number of hydrogen-bond donors (Lipinski definition) is 2. The van der Waals surface area contributed by atoms with E-state index in [4.69, 9.17) is 5.11 Å². The van der Waals surface area contributed by atoms with Crippen molar-refractivity contribution in [2.75, 3.05) is 6.54 Å². The summed E-state index contributed by atoms with van der Waals surface area (Å²) in [7, 11) is -3.68. The fourth-order valence-corrected chi connectivity index (χ4v) is 3.99. The second kappa shape index (κ2) is 6.24. The molecule has 20 heavy (non-hydrogen) atoms. The van der Waals surface area contributed by atoms with Gasteiger partial charge in [-0.05, 0) is 52.9 Å². The molecule has 0 aliphatic heterocycles. The maximum atomic E-state index is 12.2. The highest BCUT2D eigenvalue weighted by molar-refractivity contribution is 9.10. The minimum Gasteiger partial charge on any atom is -0.478 e. The fraction of sp³-hybridized carbons (Fsp3) is 0.462. The molecule has 0 aromatic heterocycles. The standard InChI is InChI=1S/C13H16BrNO4S/c14-11-6-5-10(13(16)17)8-12(11)20(18,19)15-7-1-2-9-3-4-9/h5-6,8-9,15H,1-4,7H2,(H,16,17). The number of aromatic carboxylic acids is 1. The summed E-state index contributed by atoms with van der Waals surface area (Å²) in [5.41, 5.74) is -0.0495. The largest absolute Gasteiger partial charge is 0.478 e. The molecule has 1 aliphatic rings. The summed E-state index contributed by atoms with van der Waals surface area (Å²) in [5.74, 6) is -0.385. The van der Waals surface area contributed by atoms with Crippen LogP contribution in [0.1, 0.15) is 36.0 Å². The zero-order chi connectivity index (χ0) is 14.8. The molecule has 2 N–H and O–H groups in total. The third-order valence-electron chi connectivity index (χ3n) is 3.25. The Labute approximate surface area is 126 Å². The quantitative estimate of drug-likeness (QED) is 0.731. The van der Waals surface area contributed by atoms with Gasteiger partial charge in [0.05, 0.1) is 10.5 Å². The molecule has 1 aromatic carbocycles. The monoisotopic (exact) mass is 361 g/mol. The first kappa shape index (κ1) is 15.5. The molecule has 110 valence electrons. The van der Waals surface area contributed by atoms with Gasteiger partial charge in [-0.1, -0.05) is 12.8 Å². The van der Waals surface area contributed by atoms with Gasteiger partial charge >= 0.3 is 5.97 Å². The Bertz CT molecular complexity index is 611. The Hall–Kier alpha value is -0.920. The Morgan fingerprint density at radius 3 is 2.70 bits per heavy atom. The van der Waals surface area contributed by atoms with Gasteiger partial charge in [-0.15, -0.1) is 0 Å². The van der Waals surface area contributed by atoms with E-state index < -0.39 is 16.0 Å². The van der Waals surface area contributed by atoms with E-state index in [1.54, 1.807) is 0 Å². The summed E-state index contributed by atoms with van der Waals surface area (Å²) in [5, 5.41) is 8.92. The molecule has 7 heteroatoms. The third kappa shape index (κ3) is 4.04. The number of rotatable bonds is 7. The number of halogens is 1. The van der Waals surface area contributed by atoms with Gasteiger partial charge in [0.1, 0.15) is 0 Å². The third-order valence-corrected chi connectivity index (χ3v) is 5.70. The Kier molecular flexibility index (Phi) is 4.82. The van der Waals surface area contributed by atoms with Crippen LogP contribution in [0.5, 0.6) is 0 Å². The number of carboxylic acid groups (broad SMARTS) is 1. The zero-order valence-corrected chi connectivity index (χ0v) is 13.2. The van der Waals surface area contributed by atoms with Gasteiger partial charge in [0, 0.05) is 11.0 Å². The lowest BCUT2D eigenvalue weighted by atomic mass is 10.2. The molecule has 0 bridgehead atoms. The van der Waals surface area contributed by atoms with Crippen LogP contribution in [0.4, 0.5) is 0 Å². The minimum absolute atomic E-state index is 0.0381. The van der Waals surface area contributed by atoms with Gasteiger partial charge in [-0.3, -0.25) is 0 Å². The zero-order valence-electron chi connectivity index (χ0n) is 10.8. The van der Waals surface area contributed by atoms with Crippen LogP contribution in [0.3, 0.4) is 0 Å². The van der Waals surface area contributed by atoms with Crippen LogP contribution < -0.4 is 4.72 Å². The SMILES string of the molecule is O=C(O)c1ccc(Br)c(S(=O)(=O)NCCCC2CC2)c1. The molecule has 2 rings (SSSR count). The lowest BCUT2D eigenvalue weighted by Crippen LogP contribution is -2.25. The topological polar surface area (TPSA) is 83.5 Å². The molecule has 0 atom stereocenters. The average Bonchev–Trinajstić information content (AvgIpc) is 3.18. The molecule has 0 amide bonds. The van der Waals surface area contributed by atoms with E-state index in [1.165, 1.54) is 25.0 Å². The van der Waals surface area contributed by atoms with Crippen molar-refractivity contribution in [3.8, 4) is 0 Å². The predicted octanol–water partition coefficient (Wildman–Crippen LogP) is 2.62. The second-order valence-corrected chi connectivity index (χ2v) is 7.52. The minimum atomic E-state index is -3.68. The van der Waals surface area contributed by atoms with Crippen LogP contribution in [0.2, 0.25) is 0 Å². The van der Waals surface area contributed by atoms with E-state index in [-0.39, 0.29) is 10.5 Å². The summed E-state index contributed by atoms with van der Waals surface area (Å²) < 4.78 is 27.2. The number of carboxylic acids is 1. The first-order chi connectivity index (χ1) is 9.40. The Morgan fingerprint density at radius 1 is 1.40 bits per heavy atom. The maximum absolute atomic E-state index is 12.2. The number of sulfonamides is 1. The summed E-state index contributed by atoms with van der Waals surface area (Å²) in [6.07, 6.45) is 4.34. The molecule has 0 saturated heterocycles. The summed E-state index contributed by atoms with van der Waals surface area (Å²) in [6.45, 7) is 0.378. The lowest BCUT2D eigenvalue weighted by molar-refractivity contribution is 0.0696. The van der Waals surface area contributed by atoms with Gasteiger partial charge in [0.2, 0.25) is 10.0 Å². The van der Waals surface area contributed by atoms with Gasteiger partial charge in [-0.2, -0.15) is 0 Å². The van der Waals surface area contributed by atoms with Crippen LogP contribution in [-0.2, 0) is 10.0 Å². The number of nitrogens with one attached hydrogen (secondary N) is 1. The predicted molar refractivity (Wildman–Crippen MR) is 78.2 cm³/mol. The van der Waals surface area contributed by atoms with E-state index in [0.717, 1.165) is 24.8 Å². The summed E-state index contributed by atoms with van der Waals surface area (Å²) >= 11 is 3.15. The van der Waals surface area contributed by atoms with E-state index in [1.807, 2.05) is 0 Å². The highest BCUT2D eigenvalue weighted by Crippen LogP contribution is 2.33. The van der Waals surface area contributed by atoms with Crippen LogP contribution in [0, 0.1) is 5.92 Å². The van der Waals surface area contributed by atoms with Crippen molar-refractivity contribution in [3.63, 3.8) is 0 Å². The van der Waals surface area contributed by atoms with Crippen molar-refractivity contribution in [1.29, 1.82) is 0 Å². The molecule has 1 saturated carbocycles. The first-order valence-electron chi connectivity index (χ1n) is 6.42. The summed E-state index contributed by atoms with van der Waals surface area (Å²) in [6, 6.07) is 3.95. The summed E-state index contributed by atoms with van der Waals surface area (Å²) in [4.78, 5) is 10.9. The van der Waals surface area contributed by atoms with Crippen LogP contribution in [-0.4, -0.2) is 26.0 Å². The second-order valence-electron chi connectivity index (χ2n) is 4.93. The van der Waals surface area contributed by atoms with Crippen molar-refractivity contribution >= 4 is 31.9 Å². The molecule has 1 aromatic rings. The van der Waals surface area contributed by atoms with Crippen molar-refractivity contribution < 1.29 is 18.3 Å². The van der Waals surface area contributed by atoms with E-state index in [0.29, 0.717) is 11.0 Å². The van der Waals surface area contributed by atoms with Gasteiger partial charge in [0.25, 0.3) is 0 Å². The molecule has 1 fully saturated rings. The highest BCUT2D eigenvalue weighted by atomic mass is 79.9. The number of benzene rings is 1. The van der Waals surface area contributed by atoms with Crippen molar-refractivity contribution in [1.82, 2.24) is 4.72 Å². The number of carbonyl (C=O) groups is 1. The normalized spacial score (nSPS) is 15.2. The van der Waals surface area contributed by atoms with Crippen LogP contribution in [0.15, 0.2) is 27.6 Å². The molecule has 0 unspecified atom stereocenters. The molecule has 0 radical (unpaired) electrons. The van der Waals surface area contributed by atoms with Crippen LogP contribution >= 0.6 is 15.9 Å². The molecule has 5 nitrogen and oxygen atoms in total. The van der Waals surface area contributed by atoms with Crippen molar-refractivity contribution in [3.05, 3.63) is 28.2 Å². The van der Waals surface area contributed by atoms with Gasteiger partial charge < -0.3 is 5.11 Å². The van der Waals surface area contributed by atoms with Crippen LogP contribution in [0.25, 0.3) is 0 Å². The van der Waals surface area contributed by atoms with E-state index in [2.05, 4.69) is 20.7 Å². The fourth-order valence-electron chi connectivity index (χ4n) is 1.92. The molecule has 0 heterocycles. The molecular weight excluding hydrogens is 346 g/mol. The molecule has 0 spiro atoms. The molecule has 1 aliphatic carbocycles. The lowest BCUT2D eigenvalue weighted by Gasteiger charge is -2.09. The smallest absolute Gasteiger partial charge is 0.335 e. The van der Waals surface area contributed by atoms with Crippen molar-refractivity contribution in [2.45, 2.75) is 30.6 Å².